The lowest BCUT2D eigenvalue weighted by atomic mass is 10.2. The Bertz CT molecular complexity index is 263. The molecule has 14 heavy (non-hydrogen) atoms. The molecule has 0 bridgehead atoms. The molecule has 0 aliphatic carbocycles. The van der Waals surface area contributed by atoms with Gasteiger partial charge in [-0.3, -0.25) is 4.98 Å². The second kappa shape index (κ2) is 6.51. The minimum atomic E-state index is 0.814. The first-order chi connectivity index (χ1) is 6.84. The monoisotopic (exact) mass is 194 g/mol. The van der Waals surface area contributed by atoms with Crippen molar-refractivity contribution < 1.29 is 4.74 Å². The summed E-state index contributed by atoms with van der Waals surface area (Å²) < 4.78 is 4.96. The molecule has 78 valence electrons. The van der Waals surface area contributed by atoms with E-state index in [2.05, 4.69) is 23.3 Å². The van der Waals surface area contributed by atoms with Crippen molar-refractivity contribution in [3.63, 3.8) is 0 Å². The van der Waals surface area contributed by atoms with Gasteiger partial charge in [0.25, 0.3) is 0 Å². The van der Waals surface area contributed by atoms with E-state index in [0.717, 1.165) is 31.8 Å². The maximum atomic E-state index is 4.96. The number of methoxy groups -OCH3 is 1. The largest absolute Gasteiger partial charge is 0.385 e. The highest BCUT2D eigenvalue weighted by atomic mass is 16.5. The molecular weight excluding hydrogens is 176 g/mol. The van der Waals surface area contributed by atoms with Gasteiger partial charge in [-0.1, -0.05) is 6.07 Å². The van der Waals surface area contributed by atoms with Crippen LogP contribution < -0.4 is 5.32 Å². The molecule has 0 saturated heterocycles. The van der Waals surface area contributed by atoms with Crippen LogP contribution in [0.3, 0.4) is 0 Å². The van der Waals surface area contributed by atoms with E-state index in [-0.39, 0.29) is 0 Å². The summed E-state index contributed by atoms with van der Waals surface area (Å²) >= 11 is 0. The van der Waals surface area contributed by atoms with Gasteiger partial charge in [0.2, 0.25) is 0 Å². The van der Waals surface area contributed by atoms with Crippen molar-refractivity contribution in [3.05, 3.63) is 29.6 Å². The van der Waals surface area contributed by atoms with Crippen LogP contribution in [0.15, 0.2) is 18.3 Å². The highest BCUT2D eigenvalue weighted by Crippen LogP contribution is 2.01. The Morgan fingerprint density at radius 3 is 3.07 bits per heavy atom. The number of aryl methyl sites for hydroxylation is 1. The molecule has 3 heteroatoms. The number of hydrogen-bond donors (Lipinski definition) is 1. The zero-order valence-corrected chi connectivity index (χ0v) is 8.92. The lowest BCUT2D eigenvalue weighted by molar-refractivity contribution is 0.194. The summed E-state index contributed by atoms with van der Waals surface area (Å²) in [5.74, 6) is 0. The standard InChI is InChI=1S/C11H18N2O/c1-10-5-3-7-13-11(10)9-12-6-4-8-14-2/h3,5,7,12H,4,6,8-9H2,1-2H3. The zero-order chi connectivity index (χ0) is 10.2. The Balaban J connectivity index is 2.21. The molecule has 0 saturated carbocycles. The molecule has 1 aromatic rings. The molecule has 0 spiro atoms. The van der Waals surface area contributed by atoms with Crippen LogP contribution in [0.2, 0.25) is 0 Å². The molecule has 1 aromatic heterocycles. The predicted octanol–water partition coefficient (Wildman–Crippen LogP) is 1.52. The highest BCUT2D eigenvalue weighted by molar-refractivity contribution is 5.17. The molecule has 0 amide bonds. The summed E-state index contributed by atoms with van der Waals surface area (Å²) in [7, 11) is 1.73. The molecule has 0 aliphatic rings. The van der Waals surface area contributed by atoms with Crippen LogP contribution in [0.1, 0.15) is 17.7 Å². The van der Waals surface area contributed by atoms with Gasteiger partial charge in [0.05, 0.1) is 5.69 Å². The molecule has 3 nitrogen and oxygen atoms in total. The third-order valence-electron chi connectivity index (χ3n) is 2.11. The Kier molecular flexibility index (Phi) is 5.19. The average Bonchev–Trinajstić information content (AvgIpc) is 2.20. The number of pyridine rings is 1. The van der Waals surface area contributed by atoms with E-state index in [1.807, 2.05) is 12.3 Å². The molecule has 0 atom stereocenters. The molecule has 0 radical (unpaired) electrons. The predicted molar refractivity (Wildman–Crippen MR) is 57.2 cm³/mol. The van der Waals surface area contributed by atoms with Gasteiger partial charge in [0, 0.05) is 26.5 Å². The van der Waals surface area contributed by atoms with Crippen LogP contribution in [0.5, 0.6) is 0 Å². The zero-order valence-electron chi connectivity index (χ0n) is 8.92. The number of rotatable bonds is 6. The third kappa shape index (κ3) is 3.85. The first-order valence-electron chi connectivity index (χ1n) is 4.94. The van der Waals surface area contributed by atoms with Gasteiger partial charge in [0.1, 0.15) is 0 Å². The first kappa shape index (κ1) is 11.1. The SMILES string of the molecule is COCCCNCc1ncccc1C. The summed E-state index contributed by atoms with van der Waals surface area (Å²) in [4.78, 5) is 4.30. The molecule has 1 rings (SSSR count). The quantitative estimate of drug-likeness (QED) is 0.697. The van der Waals surface area contributed by atoms with Gasteiger partial charge < -0.3 is 10.1 Å². The number of hydrogen-bond acceptors (Lipinski definition) is 3. The van der Waals surface area contributed by atoms with Gasteiger partial charge in [-0.05, 0) is 31.5 Å². The van der Waals surface area contributed by atoms with Crippen LogP contribution in [0.25, 0.3) is 0 Å². The molecule has 0 unspecified atom stereocenters. The van der Waals surface area contributed by atoms with E-state index in [4.69, 9.17) is 4.74 Å². The summed E-state index contributed by atoms with van der Waals surface area (Å²) in [5.41, 5.74) is 2.37. The molecule has 0 fully saturated rings. The van der Waals surface area contributed by atoms with Crippen molar-refractivity contribution in [2.75, 3.05) is 20.3 Å². The number of aromatic nitrogens is 1. The van der Waals surface area contributed by atoms with Gasteiger partial charge in [-0.2, -0.15) is 0 Å². The fourth-order valence-electron chi connectivity index (χ4n) is 1.25. The summed E-state index contributed by atoms with van der Waals surface area (Å²) in [5, 5.41) is 3.33. The maximum absolute atomic E-state index is 4.96. The van der Waals surface area contributed by atoms with E-state index in [0.29, 0.717) is 0 Å². The van der Waals surface area contributed by atoms with E-state index >= 15 is 0 Å². The van der Waals surface area contributed by atoms with Gasteiger partial charge in [-0.15, -0.1) is 0 Å². The number of ether oxygens (including phenoxy) is 1. The lowest BCUT2D eigenvalue weighted by Gasteiger charge is -2.05. The normalized spacial score (nSPS) is 10.4. The topological polar surface area (TPSA) is 34.1 Å². The molecule has 1 heterocycles. The first-order valence-corrected chi connectivity index (χ1v) is 4.94. The van der Waals surface area contributed by atoms with Crippen molar-refractivity contribution in [3.8, 4) is 0 Å². The Hall–Kier alpha value is -0.930. The molecular formula is C11H18N2O. The van der Waals surface area contributed by atoms with Crippen molar-refractivity contribution in [2.45, 2.75) is 19.9 Å². The van der Waals surface area contributed by atoms with Crippen molar-refractivity contribution >= 4 is 0 Å². The van der Waals surface area contributed by atoms with Gasteiger partial charge in [0.15, 0.2) is 0 Å². The Morgan fingerprint density at radius 2 is 2.36 bits per heavy atom. The van der Waals surface area contributed by atoms with Crippen molar-refractivity contribution in [1.29, 1.82) is 0 Å². The lowest BCUT2D eigenvalue weighted by Crippen LogP contribution is -2.17. The van der Waals surface area contributed by atoms with Crippen molar-refractivity contribution in [2.24, 2.45) is 0 Å². The second-order valence-electron chi connectivity index (χ2n) is 3.29. The van der Waals surface area contributed by atoms with Gasteiger partial charge >= 0.3 is 0 Å². The fourth-order valence-corrected chi connectivity index (χ4v) is 1.25. The van der Waals surface area contributed by atoms with E-state index < -0.39 is 0 Å². The maximum Gasteiger partial charge on any atom is 0.0570 e. The Morgan fingerprint density at radius 1 is 1.50 bits per heavy atom. The molecule has 0 aliphatic heterocycles. The number of nitrogens with one attached hydrogen (secondary N) is 1. The summed E-state index contributed by atoms with van der Waals surface area (Å²) in [6.45, 7) is 4.72. The van der Waals surface area contributed by atoms with Crippen LogP contribution in [-0.2, 0) is 11.3 Å². The van der Waals surface area contributed by atoms with Crippen LogP contribution in [0.4, 0.5) is 0 Å². The van der Waals surface area contributed by atoms with Crippen LogP contribution >= 0.6 is 0 Å². The highest BCUT2D eigenvalue weighted by Gasteiger charge is 1.96. The fraction of sp³-hybridized carbons (Fsp3) is 0.545. The number of nitrogens with zero attached hydrogens (tertiary/aromatic N) is 1. The van der Waals surface area contributed by atoms with Gasteiger partial charge in [-0.25, -0.2) is 0 Å². The Labute approximate surface area is 85.5 Å². The summed E-state index contributed by atoms with van der Waals surface area (Å²) in [6.07, 6.45) is 2.88. The van der Waals surface area contributed by atoms with Crippen molar-refractivity contribution in [1.82, 2.24) is 10.3 Å². The van der Waals surface area contributed by atoms with Crippen LogP contribution in [0, 0.1) is 6.92 Å². The van der Waals surface area contributed by atoms with E-state index in [1.165, 1.54) is 5.56 Å². The van der Waals surface area contributed by atoms with E-state index in [1.54, 1.807) is 7.11 Å². The minimum absolute atomic E-state index is 0.814. The summed E-state index contributed by atoms with van der Waals surface area (Å²) in [6, 6.07) is 4.04. The van der Waals surface area contributed by atoms with E-state index in [9.17, 15) is 0 Å². The molecule has 0 aromatic carbocycles. The third-order valence-corrected chi connectivity index (χ3v) is 2.11. The average molecular weight is 194 g/mol. The van der Waals surface area contributed by atoms with Crippen LogP contribution in [-0.4, -0.2) is 25.2 Å². The smallest absolute Gasteiger partial charge is 0.0570 e. The molecule has 1 N–H and O–H groups in total. The minimum Gasteiger partial charge on any atom is -0.385 e. The second-order valence-corrected chi connectivity index (χ2v) is 3.29.